The van der Waals surface area contributed by atoms with Gasteiger partial charge >= 0.3 is 0 Å². The molecule has 0 bridgehead atoms. The minimum atomic E-state index is -0.186. The molecule has 2 aromatic heterocycles. The summed E-state index contributed by atoms with van der Waals surface area (Å²) in [4.78, 5) is 36.9. The lowest BCUT2D eigenvalue weighted by Gasteiger charge is -2.28. The predicted molar refractivity (Wildman–Crippen MR) is 150 cm³/mol. The Balaban J connectivity index is 1.53. The Hall–Kier alpha value is -4.37. The van der Waals surface area contributed by atoms with Crippen LogP contribution in [0.4, 0.5) is 5.69 Å². The average Bonchev–Trinajstić information content (AvgIpc) is 3.38. The Morgan fingerprint density at radius 1 is 0.923 bits per heavy atom. The van der Waals surface area contributed by atoms with Gasteiger partial charge in [-0.1, -0.05) is 47.7 Å². The highest BCUT2D eigenvalue weighted by Crippen LogP contribution is 2.30. The Morgan fingerprint density at radius 2 is 1.77 bits per heavy atom. The van der Waals surface area contributed by atoms with Gasteiger partial charge in [-0.3, -0.25) is 24.2 Å². The van der Waals surface area contributed by atoms with E-state index in [-0.39, 0.29) is 11.8 Å². The molecule has 0 saturated heterocycles. The molecule has 0 fully saturated rings. The summed E-state index contributed by atoms with van der Waals surface area (Å²) in [6.45, 7) is 5.31. The monoisotopic (exact) mass is 523 g/mol. The molecule has 0 atom stereocenters. The maximum atomic E-state index is 13.7. The molecule has 0 aliphatic carbocycles. The van der Waals surface area contributed by atoms with Gasteiger partial charge in [-0.25, -0.2) is 0 Å². The van der Waals surface area contributed by atoms with Crippen LogP contribution in [-0.4, -0.2) is 67.8 Å². The van der Waals surface area contributed by atoms with E-state index in [9.17, 15) is 9.59 Å². The summed E-state index contributed by atoms with van der Waals surface area (Å²) in [5.74, 6) is -0.208. The third-order valence-corrected chi connectivity index (χ3v) is 7.01. The van der Waals surface area contributed by atoms with Crippen LogP contribution < -0.4 is 4.90 Å². The van der Waals surface area contributed by atoms with Gasteiger partial charge in [0.1, 0.15) is 0 Å². The lowest BCUT2D eigenvalue weighted by molar-refractivity contribution is -0.116. The van der Waals surface area contributed by atoms with Crippen LogP contribution in [0, 0.1) is 0 Å². The lowest BCUT2D eigenvalue weighted by Crippen LogP contribution is -2.38. The van der Waals surface area contributed by atoms with Crippen LogP contribution in [0.25, 0.3) is 11.1 Å². The smallest absolute Gasteiger partial charge is 0.276 e. The average molecular weight is 524 g/mol. The Morgan fingerprint density at radius 3 is 2.49 bits per heavy atom. The molecule has 0 unspecified atom stereocenters. The second kappa shape index (κ2) is 12.0. The van der Waals surface area contributed by atoms with E-state index >= 15 is 0 Å². The summed E-state index contributed by atoms with van der Waals surface area (Å²) in [6.07, 6.45) is 6.02. The van der Waals surface area contributed by atoms with Gasteiger partial charge in [-0.2, -0.15) is 0 Å². The van der Waals surface area contributed by atoms with Gasteiger partial charge in [0, 0.05) is 71.3 Å². The summed E-state index contributed by atoms with van der Waals surface area (Å²) in [7, 11) is 1.75. The Labute approximate surface area is 228 Å². The topological polar surface area (TPSA) is 87.5 Å². The minimum Gasteiger partial charge on any atom is -0.332 e. The highest BCUT2D eigenvalue weighted by Gasteiger charge is 2.25. The van der Waals surface area contributed by atoms with Gasteiger partial charge in [0.25, 0.3) is 5.91 Å². The quantitative estimate of drug-likeness (QED) is 0.405. The molecule has 3 heterocycles. The third-order valence-electron chi connectivity index (χ3n) is 7.01. The third kappa shape index (κ3) is 6.38. The molecular formula is C30H33N7O2. The number of rotatable bonds is 4. The number of hydrogen-bond donors (Lipinski definition) is 0. The molecule has 0 saturated carbocycles. The van der Waals surface area contributed by atoms with E-state index in [1.54, 1.807) is 26.4 Å². The van der Waals surface area contributed by atoms with Crippen molar-refractivity contribution in [3.05, 3.63) is 96.1 Å². The van der Waals surface area contributed by atoms with Crippen molar-refractivity contribution in [2.75, 3.05) is 31.1 Å². The number of aromatic nitrogens is 4. The molecule has 9 nitrogen and oxygen atoms in total. The van der Waals surface area contributed by atoms with Gasteiger partial charge in [0.2, 0.25) is 5.91 Å². The molecule has 9 heteroatoms. The molecule has 1 aliphatic rings. The molecule has 0 radical (unpaired) electrons. The first-order valence-electron chi connectivity index (χ1n) is 13.2. The normalized spacial score (nSPS) is 14.9. The molecule has 0 spiro atoms. The standard InChI is InChI=1S/C30H33N7O2/c1-23(38)37-15-7-14-35(20-24-8-4-3-5-9-24)16-17-36(30(39)28-22-34(2)33-32-28)21-27-18-25(11-12-29(27)37)26-10-6-13-31-19-26/h3-6,8-13,18-19,22H,7,14-17,20-21H2,1-2H3. The van der Waals surface area contributed by atoms with Crippen LogP contribution in [0.5, 0.6) is 0 Å². The molecule has 2 amide bonds. The zero-order chi connectivity index (χ0) is 27.2. The molecule has 2 aromatic carbocycles. The fourth-order valence-corrected chi connectivity index (χ4v) is 5.03. The van der Waals surface area contributed by atoms with Gasteiger partial charge < -0.3 is 9.80 Å². The highest BCUT2D eigenvalue weighted by atomic mass is 16.2. The number of carbonyl (C=O) groups is 2. The highest BCUT2D eigenvalue weighted by molar-refractivity contribution is 5.94. The summed E-state index contributed by atoms with van der Waals surface area (Å²) in [5.41, 5.74) is 5.20. The van der Waals surface area contributed by atoms with E-state index in [4.69, 9.17) is 0 Å². The first kappa shape index (κ1) is 26.2. The van der Waals surface area contributed by atoms with Crippen molar-refractivity contribution < 1.29 is 9.59 Å². The largest absolute Gasteiger partial charge is 0.332 e. The van der Waals surface area contributed by atoms with E-state index in [2.05, 4.69) is 38.4 Å². The van der Waals surface area contributed by atoms with Crippen molar-refractivity contribution in [3.8, 4) is 11.1 Å². The fourth-order valence-electron chi connectivity index (χ4n) is 5.03. The predicted octanol–water partition coefficient (Wildman–Crippen LogP) is 3.78. The zero-order valence-electron chi connectivity index (χ0n) is 22.4. The maximum absolute atomic E-state index is 13.7. The molecule has 39 heavy (non-hydrogen) atoms. The van der Waals surface area contributed by atoms with E-state index in [0.717, 1.165) is 41.9 Å². The van der Waals surface area contributed by atoms with E-state index < -0.39 is 0 Å². The van der Waals surface area contributed by atoms with Crippen LogP contribution in [0.2, 0.25) is 0 Å². The fraction of sp³-hybridized carbons (Fsp3) is 0.300. The van der Waals surface area contributed by atoms with E-state index in [1.807, 2.05) is 58.5 Å². The first-order chi connectivity index (χ1) is 19.0. The van der Waals surface area contributed by atoms with E-state index in [0.29, 0.717) is 31.9 Å². The number of hydrogen-bond acceptors (Lipinski definition) is 6. The number of carbonyl (C=O) groups excluding carboxylic acids is 2. The van der Waals surface area contributed by atoms with Gasteiger partial charge in [0.05, 0.1) is 6.20 Å². The number of nitrogens with zero attached hydrogens (tertiary/aromatic N) is 7. The van der Waals surface area contributed by atoms with Crippen LogP contribution >= 0.6 is 0 Å². The maximum Gasteiger partial charge on any atom is 0.276 e. The number of amides is 2. The molecule has 4 aromatic rings. The molecule has 0 N–H and O–H groups in total. The molecule has 1 aliphatic heterocycles. The van der Waals surface area contributed by atoms with Crippen molar-refractivity contribution in [2.24, 2.45) is 7.05 Å². The molecule has 200 valence electrons. The zero-order valence-corrected chi connectivity index (χ0v) is 22.4. The first-order valence-corrected chi connectivity index (χ1v) is 13.2. The summed E-state index contributed by atoms with van der Waals surface area (Å²) < 4.78 is 1.53. The summed E-state index contributed by atoms with van der Waals surface area (Å²) in [5, 5.41) is 8.07. The Kier molecular flexibility index (Phi) is 8.07. The van der Waals surface area contributed by atoms with Crippen molar-refractivity contribution in [3.63, 3.8) is 0 Å². The van der Waals surface area contributed by atoms with Crippen molar-refractivity contribution in [1.29, 1.82) is 0 Å². The van der Waals surface area contributed by atoms with Crippen molar-refractivity contribution >= 4 is 17.5 Å². The number of anilines is 1. The summed E-state index contributed by atoms with van der Waals surface area (Å²) in [6, 6.07) is 20.3. The lowest BCUT2D eigenvalue weighted by atomic mass is 10.0. The van der Waals surface area contributed by atoms with Gasteiger partial charge in [-0.15, -0.1) is 5.10 Å². The van der Waals surface area contributed by atoms with Crippen LogP contribution in [-0.2, 0) is 24.9 Å². The number of aryl methyl sites for hydroxylation is 1. The second-order valence-electron chi connectivity index (χ2n) is 9.88. The molecular weight excluding hydrogens is 490 g/mol. The SMILES string of the molecule is CC(=O)N1CCCN(Cc2ccccc2)CCN(C(=O)c2cn(C)nn2)Cc2cc(-c3cccnc3)ccc21. The van der Waals surface area contributed by atoms with Gasteiger partial charge in [-0.05, 0) is 46.9 Å². The molecule has 5 rings (SSSR count). The number of fused-ring (bicyclic) bond motifs is 1. The van der Waals surface area contributed by atoms with Crippen LogP contribution in [0.15, 0.2) is 79.3 Å². The Bertz CT molecular complexity index is 1420. The van der Waals surface area contributed by atoms with Crippen molar-refractivity contribution in [2.45, 2.75) is 26.4 Å². The van der Waals surface area contributed by atoms with Crippen LogP contribution in [0.1, 0.15) is 35.0 Å². The second-order valence-corrected chi connectivity index (χ2v) is 9.88. The van der Waals surface area contributed by atoms with E-state index in [1.165, 1.54) is 10.2 Å². The number of pyridine rings is 1. The number of benzene rings is 2. The summed E-state index contributed by atoms with van der Waals surface area (Å²) >= 11 is 0. The van der Waals surface area contributed by atoms with Crippen LogP contribution in [0.3, 0.4) is 0 Å². The van der Waals surface area contributed by atoms with Gasteiger partial charge in [0.15, 0.2) is 5.69 Å². The minimum absolute atomic E-state index is 0.0222. The van der Waals surface area contributed by atoms with Crippen molar-refractivity contribution in [1.82, 2.24) is 29.8 Å².